The number of fused-ring (bicyclic) bond motifs is 7. The van der Waals surface area contributed by atoms with Crippen molar-refractivity contribution in [2.75, 3.05) is 0 Å². The number of thiophene rings is 2. The first-order valence-corrected chi connectivity index (χ1v) is 13.0. The smallest absolute Gasteiger partial charge is 0.102 e. The summed E-state index contributed by atoms with van der Waals surface area (Å²) in [4.78, 5) is 0. The molecule has 0 saturated carbocycles. The van der Waals surface area contributed by atoms with E-state index in [-0.39, 0.29) is 0 Å². The quantitative estimate of drug-likeness (QED) is 0.238. The third kappa shape index (κ3) is 2.44. The maximum absolute atomic E-state index is 2.42. The molecule has 0 atom stereocenters. The second-order valence-electron chi connectivity index (χ2n) is 8.64. The Morgan fingerprint density at radius 3 is 1.00 bits per heavy atom. The SMILES string of the molecule is c1ccc2c(c1)c1ccccc1n2-c1cc2sc(-n3c4ccccc4c4ccccc43)cc2s1. The van der Waals surface area contributed by atoms with E-state index in [1.165, 1.54) is 63.0 Å². The highest BCUT2D eigenvalue weighted by Crippen LogP contribution is 2.42. The first-order valence-electron chi connectivity index (χ1n) is 11.4. The van der Waals surface area contributed by atoms with E-state index in [0.29, 0.717) is 0 Å². The molecule has 0 bridgehead atoms. The number of nitrogens with zero attached hydrogens (tertiary/aromatic N) is 2. The van der Waals surface area contributed by atoms with Crippen LogP contribution in [-0.4, -0.2) is 9.13 Å². The first kappa shape index (κ1) is 18.6. The minimum absolute atomic E-state index is 1.26. The van der Waals surface area contributed by atoms with E-state index in [1.807, 2.05) is 22.7 Å². The Hall–Kier alpha value is -3.86. The van der Waals surface area contributed by atoms with Crippen molar-refractivity contribution in [2.24, 2.45) is 0 Å². The van der Waals surface area contributed by atoms with Crippen molar-refractivity contribution in [3.05, 3.63) is 109 Å². The fourth-order valence-electron chi connectivity index (χ4n) is 5.35. The van der Waals surface area contributed by atoms with Crippen LogP contribution in [0.5, 0.6) is 0 Å². The van der Waals surface area contributed by atoms with Gasteiger partial charge in [0.25, 0.3) is 0 Å². The minimum Gasteiger partial charge on any atom is -0.301 e. The van der Waals surface area contributed by atoms with Gasteiger partial charge in [0.1, 0.15) is 10.0 Å². The molecule has 0 saturated heterocycles. The molecule has 2 nitrogen and oxygen atoms in total. The van der Waals surface area contributed by atoms with Gasteiger partial charge in [-0.2, -0.15) is 0 Å². The highest BCUT2D eigenvalue weighted by Gasteiger charge is 2.17. The van der Waals surface area contributed by atoms with Gasteiger partial charge in [0.15, 0.2) is 0 Å². The summed E-state index contributed by atoms with van der Waals surface area (Å²) in [6.45, 7) is 0. The lowest BCUT2D eigenvalue weighted by Crippen LogP contribution is -1.90. The summed E-state index contributed by atoms with van der Waals surface area (Å²) >= 11 is 3.75. The molecule has 0 amide bonds. The topological polar surface area (TPSA) is 9.86 Å². The average Bonchev–Trinajstić information content (AvgIpc) is 3.61. The lowest BCUT2D eigenvalue weighted by atomic mass is 10.2. The van der Waals surface area contributed by atoms with Gasteiger partial charge in [0.05, 0.1) is 22.1 Å². The van der Waals surface area contributed by atoms with E-state index in [4.69, 9.17) is 0 Å². The van der Waals surface area contributed by atoms with Gasteiger partial charge in [-0.05, 0) is 36.4 Å². The van der Waals surface area contributed by atoms with Crippen LogP contribution >= 0.6 is 22.7 Å². The van der Waals surface area contributed by atoms with Crippen LogP contribution in [0.25, 0.3) is 63.0 Å². The monoisotopic (exact) mass is 470 g/mol. The predicted molar refractivity (Wildman–Crippen MR) is 148 cm³/mol. The third-order valence-corrected chi connectivity index (χ3v) is 9.05. The van der Waals surface area contributed by atoms with Crippen LogP contribution in [0.3, 0.4) is 0 Å². The minimum atomic E-state index is 1.26. The Bertz CT molecular complexity index is 1750. The molecule has 34 heavy (non-hydrogen) atoms. The number of hydrogen-bond donors (Lipinski definition) is 0. The number of benzene rings is 4. The van der Waals surface area contributed by atoms with Gasteiger partial charge in [-0.25, -0.2) is 0 Å². The zero-order valence-corrected chi connectivity index (χ0v) is 19.7. The van der Waals surface area contributed by atoms with Gasteiger partial charge in [-0.1, -0.05) is 72.8 Å². The molecule has 0 radical (unpaired) electrons. The highest BCUT2D eigenvalue weighted by atomic mass is 32.1. The van der Waals surface area contributed by atoms with Crippen LogP contribution in [0, 0.1) is 0 Å². The van der Waals surface area contributed by atoms with E-state index in [1.54, 1.807) is 0 Å². The van der Waals surface area contributed by atoms with Gasteiger partial charge >= 0.3 is 0 Å². The molecule has 4 aromatic heterocycles. The van der Waals surface area contributed by atoms with E-state index in [2.05, 4.69) is 118 Å². The number of para-hydroxylation sites is 4. The average molecular weight is 471 g/mol. The van der Waals surface area contributed by atoms with Gasteiger partial charge in [-0.15, -0.1) is 22.7 Å². The molecular formula is C30H18N2S2. The summed E-state index contributed by atoms with van der Waals surface area (Å²) in [5, 5.41) is 7.77. The van der Waals surface area contributed by atoms with Gasteiger partial charge < -0.3 is 9.13 Å². The van der Waals surface area contributed by atoms with Crippen molar-refractivity contribution in [1.82, 2.24) is 9.13 Å². The van der Waals surface area contributed by atoms with Gasteiger partial charge in [-0.3, -0.25) is 0 Å². The molecule has 4 aromatic carbocycles. The number of hydrogen-bond acceptors (Lipinski definition) is 2. The molecule has 160 valence electrons. The zero-order chi connectivity index (χ0) is 22.2. The van der Waals surface area contributed by atoms with E-state index >= 15 is 0 Å². The summed E-state index contributed by atoms with van der Waals surface area (Å²) in [5.41, 5.74) is 5.06. The molecule has 4 heteroatoms. The van der Waals surface area contributed by atoms with Crippen molar-refractivity contribution in [2.45, 2.75) is 0 Å². The third-order valence-electron chi connectivity index (χ3n) is 6.78. The maximum atomic E-state index is 2.42. The van der Waals surface area contributed by atoms with Gasteiger partial charge in [0.2, 0.25) is 0 Å². The summed E-state index contributed by atoms with van der Waals surface area (Å²) < 4.78 is 7.50. The predicted octanol–water partition coefficient (Wildman–Crippen LogP) is 9.16. The summed E-state index contributed by atoms with van der Waals surface area (Å²) in [7, 11) is 0. The molecule has 0 fully saturated rings. The van der Waals surface area contributed by atoms with Crippen molar-refractivity contribution in [3.8, 4) is 10.0 Å². The van der Waals surface area contributed by atoms with E-state index < -0.39 is 0 Å². The first-order chi connectivity index (χ1) is 16.9. The molecule has 8 aromatic rings. The fraction of sp³-hybridized carbons (Fsp3) is 0. The molecule has 8 rings (SSSR count). The lowest BCUT2D eigenvalue weighted by Gasteiger charge is -2.05. The second kappa shape index (κ2) is 6.83. The number of rotatable bonds is 2. The molecule has 0 aliphatic heterocycles. The van der Waals surface area contributed by atoms with Crippen LogP contribution in [0.4, 0.5) is 0 Å². The standard InChI is InChI=1S/C30H18N2S2/c1-5-13-23-19(9-1)20-10-2-6-14-24(20)31(23)29-17-27-28(33-29)18-30(34-27)32-25-15-7-3-11-21(25)22-12-4-8-16-26(22)32/h1-18H. The number of aromatic nitrogens is 2. The van der Waals surface area contributed by atoms with Crippen molar-refractivity contribution in [1.29, 1.82) is 0 Å². The highest BCUT2D eigenvalue weighted by molar-refractivity contribution is 7.30. The normalized spacial score (nSPS) is 12.1. The van der Waals surface area contributed by atoms with Crippen LogP contribution in [0.1, 0.15) is 0 Å². The molecule has 0 N–H and O–H groups in total. The van der Waals surface area contributed by atoms with Crippen LogP contribution in [0.2, 0.25) is 0 Å². The summed E-state index contributed by atoms with van der Waals surface area (Å²) in [6.07, 6.45) is 0. The van der Waals surface area contributed by atoms with Crippen LogP contribution < -0.4 is 0 Å². The van der Waals surface area contributed by atoms with Gasteiger partial charge in [0, 0.05) is 30.9 Å². The van der Waals surface area contributed by atoms with Crippen molar-refractivity contribution >= 4 is 75.7 Å². The Balaban J connectivity index is 1.36. The van der Waals surface area contributed by atoms with E-state index in [9.17, 15) is 0 Å². The van der Waals surface area contributed by atoms with Crippen molar-refractivity contribution < 1.29 is 0 Å². The Labute approximate surface area is 203 Å². The molecule has 0 spiro atoms. The molecule has 0 unspecified atom stereocenters. The Morgan fingerprint density at radius 2 is 0.676 bits per heavy atom. The fourth-order valence-corrected chi connectivity index (χ4v) is 7.79. The molecular weight excluding hydrogens is 452 g/mol. The van der Waals surface area contributed by atoms with Crippen molar-refractivity contribution in [3.63, 3.8) is 0 Å². The molecule has 4 heterocycles. The Kier molecular flexibility index (Phi) is 3.73. The lowest BCUT2D eigenvalue weighted by molar-refractivity contribution is 1.22. The van der Waals surface area contributed by atoms with E-state index in [0.717, 1.165) is 0 Å². The Morgan fingerprint density at radius 1 is 0.382 bits per heavy atom. The zero-order valence-electron chi connectivity index (χ0n) is 18.1. The summed E-state index contributed by atoms with van der Waals surface area (Å²) in [6, 6.07) is 39.6. The molecule has 0 aliphatic carbocycles. The van der Waals surface area contributed by atoms with Crippen LogP contribution in [-0.2, 0) is 0 Å². The molecule has 0 aliphatic rings. The largest absolute Gasteiger partial charge is 0.301 e. The second-order valence-corrected chi connectivity index (χ2v) is 10.8. The summed E-state index contributed by atoms with van der Waals surface area (Å²) in [5.74, 6) is 0. The maximum Gasteiger partial charge on any atom is 0.102 e. The van der Waals surface area contributed by atoms with Crippen LogP contribution in [0.15, 0.2) is 109 Å².